The zero-order valence-corrected chi connectivity index (χ0v) is 39.2. The van der Waals surface area contributed by atoms with Gasteiger partial charge in [0, 0.05) is 50.8 Å². The summed E-state index contributed by atoms with van der Waals surface area (Å²) in [5, 5.41) is 22.6. The Morgan fingerprint density at radius 2 is 0.854 bits per heavy atom. The van der Waals surface area contributed by atoms with Gasteiger partial charge < -0.3 is 35.2 Å². The van der Waals surface area contributed by atoms with Crippen molar-refractivity contribution in [1.82, 2.24) is 9.80 Å². The predicted molar refractivity (Wildman–Crippen MR) is 210 cm³/mol. The molecule has 0 aromatic rings. The molecule has 2 saturated carbocycles. The Morgan fingerprint density at radius 3 is 1.25 bits per heavy atom. The van der Waals surface area contributed by atoms with E-state index in [1.165, 1.54) is 6.42 Å². The van der Waals surface area contributed by atoms with Crippen LogP contribution in [0.25, 0.3) is 0 Å². The highest BCUT2D eigenvalue weighted by Gasteiger charge is 2.48. The smallest absolute Gasteiger partial charge is 0.322 e. The van der Waals surface area contributed by atoms with Crippen molar-refractivity contribution in [3.05, 3.63) is 0 Å². The second-order valence-corrected chi connectivity index (χ2v) is 40.5. The Hall–Kier alpha value is 0.901. The quantitative estimate of drug-likeness (QED) is 0.169. The van der Waals surface area contributed by atoms with Crippen molar-refractivity contribution in [3.8, 4) is 0 Å². The summed E-state index contributed by atoms with van der Waals surface area (Å²) < 4.78 is 39.8. The van der Waals surface area contributed by atoms with Crippen LogP contribution in [0.15, 0.2) is 0 Å². The van der Waals surface area contributed by atoms with Crippen LogP contribution in [0.2, 0.25) is 85.1 Å². The number of rotatable bonds is 16. The van der Waals surface area contributed by atoms with Gasteiger partial charge in [0.25, 0.3) is 0 Å². The maximum absolute atomic E-state index is 11.6. The van der Waals surface area contributed by atoms with E-state index in [2.05, 4.69) is 102 Å². The summed E-state index contributed by atoms with van der Waals surface area (Å²) >= 11 is 0. The van der Waals surface area contributed by atoms with Gasteiger partial charge in [-0.25, -0.2) is 0 Å². The summed E-state index contributed by atoms with van der Waals surface area (Å²) in [5.41, 5.74) is 0. The highest BCUT2D eigenvalue weighted by atomic mass is 28.5. The fraction of sp³-hybridized carbons (Fsp3) is 1.00. The van der Waals surface area contributed by atoms with Crippen molar-refractivity contribution < 1.29 is 35.2 Å². The average Bonchev–Trinajstić information content (AvgIpc) is 2.88. The zero-order chi connectivity index (χ0) is 36.3. The molecular formula is C32H74N2O8Si6. The van der Waals surface area contributed by atoms with E-state index >= 15 is 0 Å². The largest absolute Gasteiger partial charge is 0.437 e. The molecule has 2 aliphatic carbocycles. The van der Waals surface area contributed by atoms with Crippen LogP contribution in [0.3, 0.4) is 0 Å². The molecule has 0 amide bonds. The Morgan fingerprint density at radius 1 is 0.500 bits per heavy atom. The summed E-state index contributed by atoms with van der Waals surface area (Å²) in [6, 6.07) is 0.453. The number of hydrogen-bond acceptors (Lipinski definition) is 10. The molecule has 3 fully saturated rings. The van der Waals surface area contributed by atoms with Gasteiger partial charge in [-0.05, 0) is 117 Å². The van der Waals surface area contributed by atoms with Gasteiger partial charge >= 0.3 is 42.8 Å². The van der Waals surface area contributed by atoms with Crippen LogP contribution in [0.5, 0.6) is 0 Å². The van der Waals surface area contributed by atoms with E-state index in [4.69, 9.17) is 25.0 Å². The average molecular weight is 783 g/mol. The number of aliphatic hydroxyl groups is 2. The highest BCUT2D eigenvalue weighted by molar-refractivity contribution is 6.90. The lowest BCUT2D eigenvalue weighted by Crippen LogP contribution is -2.61. The first kappa shape index (κ1) is 43.3. The number of hydrogen-bond donors (Lipinski definition) is 2. The van der Waals surface area contributed by atoms with Crippen LogP contribution < -0.4 is 0 Å². The van der Waals surface area contributed by atoms with E-state index in [0.717, 1.165) is 64.7 Å². The van der Waals surface area contributed by atoms with Crippen LogP contribution in [0, 0.1) is 11.8 Å². The summed E-state index contributed by atoms with van der Waals surface area (Å²) in [7, 11) is -14.4. The maximum Gasteiger partial charge on any atom is 0.322 e. The molecular weight excluding hydrogens is 709 g/mol. The summed E-state index contributed by atoms with van der Waals surface area (Å²) in [6.45, 7) is 34.1. The van der Waals surface area contributed by atoms with Crippen LogP contribution in [-0.2, 0) is 25.0 Å². The predicted octanol–water partition coefficient (Wildman–Crippen LogP) is 6.52. The molecule has 1 saturated heterocycles. The van der Waals surface area contributed by atoms with Gasteiger partial charge in [0.05, 0.1) is 12.2 Å². The van der Waals surface area contributed by atoms with Gasteiger partial charge in [0.2, 0.25) is 0 Å². The van der Waals surface area contributed by atoms with E-state index < -0.39 is 57.2 Å². The van der Waals surface area contributed by atoms with Gasteiger partial charge in [0.1, 0.15) is 0 Å². The van der Waals surface area contributed by atoms with Crippen LogP contribution in [-0.4, -0.2) is 128 Å². The molecule has 0 spiro atoms. The summed E-state index contributed by atoms with van der Waals surface area (Å²) in [6.07, 6.45) is 7.02. The van der Waals surface area contributed by atoms with Gasteiger partial charge in [-0.2, -0.15) is 0 Å². The molecule has 16 heteroatoms. The molecule has 6 unspecified atom stereocenters. The first-order valence-corrected chi connectivity index (χ1v) is 36.3. The Bertz CT molecular complexity index is 1010. The van der Waals surface area contributed by atoms with Crippen molar-refractivity contribution >= 4 is 51.1 Å². The lowest BCUT2D eigenvalue weighted by molar-refractivity contribution is -0.0695. The van der Waals surface area contributed by atoms with Crippen LogP contribution in [0.1, 0.15) is 51.9 Å². The number of piperazine rings is 1. The Kier molecular flexibility index (Phi) is 15.3. The van der Waals surface area contributed by atoms with Crippen molar-refractivity contribution in [2.75, 3.05) is 32.8 Å². The van der Waals surface area contributed by atoms with Crippen molar-refractivity contribution in [2.45, 2.75) is 161 Å². The molecule has 0 aromatic carbocycles. The van der Waals surface area contributed by atoms with Gasteiger partial charge in [0.15, 0.2) is 8.32 Å². The second kappa shape index (κ2) is 16.9. The highest BCUT2D eigenvalue weighted by Crippen LogP contribution is 2.34. The van der Waals surface area contributed by atoms with E-state index in [1.54, 1.807) is 0 Å². The maximum atomic E-state index is 11.6. The van der Waals surface area contributed by atoms with Crippen LogP contribution >= 0.6 is 0 Å². The molecule has 10 nitrogen and oxygen atoms in total. The number of aliphatic hydroxyl groups excluding tert-OH is 2. The van der Waals surface area contributed by atoms with E-state index in [0.29, 0.717) is 12.5 Å². The summed E-state index contributed by atoms with van der Waals surface area (Å²) in [4.78, 5) is 5.03. The molecule has 284 valence electrons. The van der Waals surface area contributed by atoms with E-state index in [9.17, 15) is 10.2 Å². The molecule has 3 rings (SSSR count). The van der Waals surface area contributed by atoms with Crippen molar-refractivity contribution in [2.24, 2.45) is 11.8 Å². The monoisotopic (exact) mass is 782 g/mol. The molecule has 6 atom stereocenters. The lowest BCUT2D eigenvalue weighted by atomic mass is 9.80. The minimum atomic E-state index is -2.61. The summed E-state index contributed by atoms with van der Waals surface area (Å²) in [5.74, 6) is 0.529. The molecule has 0 radical (unpaired) electrons. The standard InChI is InChI=1S/C32H74N2O8Si6/c1-15-27-18-16-20-29(31(27)35)33-22-24-34(25-23-33)30-21-17-19-28(32(30)36)26-37-44(5,6)39-46(9,10)41-48(13,14)42-47(11,12)40-45(7,8)38-43(2,3)4/h27-32,35-36H,15-26H2,1-14H3. The third kappa shape index (κ3) is 13.7. The van der Waals surface area contributed by atoms with Gasteiger partial charge in [-0.15, -0.1) is 0 Å². The third-order valence-corrected chi connectivity index (χ3v) is 30.9. The first-order valence-electron chi connectivity index (χ1n) is 18.8. The van der Waals surface area contributed by atoms with Crippen molar-refractivity contribution in [1.29, 1.82) is 0 Å². The second-order valence-electron chi connectivity index (χ2n) is 17.9. The van der Waals surface area contributed by atoms with Gasteiger partial charge in [-0.3, -0.25) is 9.80 Å². The molecule has 3 aliphatic rings. The molecule has 0 aromatic heterocycles. The zero-order valence-electron chi connectivity index (χ0n) is 33.2. The SMILES string of the molecule is CCC1CCCC(N2CCN(C3CCCC(CO[Si](C)(C)O[Si](C)(C)O[Si](C)(C)O[Si](C)(C)O[Si](C)(C)O[Si](C)(C)C)C3O)CC2)C1O. The molecule has 0 bridgehead atoms. The van der Waals surface area contributed by atoms with E-state index in [1.807, 2.05) is 0 Å². The first-order chi connectivity index (χ1) is 21.8. The molecule has 1 heterocycles. The van der Waals surface area contributed by atoms with Crippen LogP contribution in [0.4, 0.5) is 0 Å². The Balaban J connectivity index is 1.50. The van der Waals surface area contributed by atoms with Gasteiger partial charge in [-0.1, -0.05) is 26.2 Å². The fourth-order valence-corrected chi connectivity index (χ4v) is 36.7. The molecule has 48 heavy (non-hydrogen) atoms. The molecule has 2 N–H and O–H groups in total. The number of nitrogens with zero attached hydrogens (tertiary/aromatic N) is 2. The topological polar surface area (TPSA) is 102 Å². The minimum absolute atomic E-state index is 0.0947. The Labute approximate surface area is 300 Å². The lowest BCUT2D eigenvalue weighted by Gasteiger charge is -2.48. The fourth-order valence-electron chi connectivity index (χ4n) is 8.84. The van der Waals surface area contributed by atoms with E-state index in [-0.39, 0.29) is 24.1 Å². The normalized spacial score (nSPS) is 29.8. The minimum Gasteiger partial charge on any atom is -0.437 e. The molecule has 1 aliphatic heterocycles. The third-order valence-electron chi connectivity index (χ3n) is 9.88. The van der Waals surface area contributed by atoms with Crippen molar-refractivity contribution in [3.63, 3.8) is 0 Å².